The number of carbonyl (C=O) groups is 3. The van der Waals surface area contributed by atoms with Crippen molar-refractivity contribution in [3.05, 3.63) is 65.7 Å². The van der Waals surface area contributed by atoms with Gasteiger partial charge in [0.1, 0.15) is 30.2 Å². The fourth-order valence-electron chi connectivity index (χ4n) is 5.00. The summed E-state index contributed by atoms with van der Waals surface area (Å²) in [6, 6.07) is 14.5. The fourth-order valence-corrected chi connectivity index (χ4v) is 5.00. The van der Waals surface area contributed by atoms with E-state index in [-0.39, 0.29) is 18.6 Å². The summed E-state index contributed by atoms with van der Waals surface area (Å²) < 4.78 is 46.1. The van der Waals surface area contributed by atoms with E-state index in [0.717, 1.165) is 0 Å². The molecule has 0 radical (unpaired) electrons. The molecule has 2 aromatic rings. The summed E-state index contributed by atoms with van der Waals surface area (Å²) in [7, 11) is 5.51. The summed E-state index contributed by atoms with van der Waals surface area (Å²) >= 11 is 0. The van der Waals surface area contributed by atoms with E-state index in [0.29, 0.717) is 11.3 Å². The van der Waals surface area contributed by atoms with Gasteiger partial charge < -0.3 is 43.2 Å². The molecule has 12 nitrogen and oxygen atoms in total. The number of carbonyl (C=O) groups excluding carboxylic acids is 3. The largest absolute Gasteiger partial charge is 0.497 e. The first-order valence-corrected chi connectivity index (χ1v) is 13.0. The molecule has 0 saturated carbocycles. The molecule has 0 spiro atoms. The van der Waals surface area contributed by atoms with Crippen molar-refractivity contribution in [1.82, 2.24) is 5.32 Å². The standard InChI is InChI=1S/C29H35NO11/c1-17(31)30-23-21(39-26(32)18-9-7-6-8-10-18)15-29(37-5,28(33)36-4)41-25(23)24-22(35-3)16-38-27(40-24)19-11-13-20(34-2)14-12-19/h6-14,21-25,27H,15-16H2,1-5H3,(H,30,31)/t21-,22+,23+,24+,25+,27+,29+/m0/s1. The van der Waals surface area contributed by atoms with Crippen LogP contribution in [0.5, 0.6) is 5.75 Å². The summed E-state index contributed by atoms with van der Waals surface area (Å²) in [5, 5.41) is 2.83. The zero-order valence-electron chi connectivity index (χ0n) is 23.6. The minimum absolute atomic E-state index is 0.0944. The third kappa shape index (κ3) is 6.68. The van der Waals surface area contributed by atoms with Crippen LogP contribution in [-0.2, 0) is 42.7 Å². The van der Waals surface area contributed by atoms with Crippen LogP contribution in [0.4, 0.5) is 0 Å². The van der Waals surface area contributed by atoms with Crippen LogP contribution in [0.3, 0.4) is 0 Å². The molecule has 2 aromatic carbocycles. The predicted octanol–water partition coefficient (Wildman–Crippen LogP) is 2.16. The molecule has 12 heteroatoms. The minimum atomic E-state index is -1.98. The van der Waals surface area contributed by atoms with Crippen molar-refractivity contribution in [2.75, 3.05) is 35.0 Å². The summed E-state index contributed by atoms with van der Waals surface area (Å²) in [5.41, 5.74) is 0.977. The highest BCUT2D eigenvalue weighted by molar-refractivity contribution is 5.89. The second-order valence-electron chi connectivity index (χ2n) is 9.58. The van der Waals surface area contributed by atoms with Crippen molar-refractivity contribution in [1.29, 1.82) is 0 Å². The molecular weight excluding hydrogens is 538 g/mol. The highest BCUT2D eigenvalue weighted by Gasteiger charge is 2.59. The summed E-state index contributed by atoms with van der Waals surface area (Å²) in [6.45, 7) is 1.42. The van der Waals surface area contributed by atoms with Gasteiger partial charge in [0.25, 0.3) is 5.79 Å². The maximum Gasteiger partial charge on any atom is 0.366 e. The van der Waals surface area contributed by atoms with Crippen molar-refractivity contribution in [2.24, 2.45) is 0 Å². The molecule has 4 rings (SSSR count). The molecule has 2 heterocycles. The molecule has 0 aromatic heterocycles. The van der Waals surface area contributed by atoms with Crippen LogP contribution in [-0.4, -0.2) is 89.1 Å². The monoisotopic (exact) mass is 573 g/mol. The number of ether oxygens (including phenoxy) is 8. The number of hydrogen-bond acceptors (Lipinski definition) is 11. The first-order valence-electron chi connectivity index (χ1n) is 13.0. The van der Waals surface area contributed by atoms with Gasteiger partial charge >= 0.3 is 11.9 Å². The zero-order chi connectivity index (χ0) is 29.6. The lowest BCUT2D eigenvalue weighted by atomic mass is 9.87. The van der Waals surface area contributed by atoms with Crippen molar-refractivity contribution in [3.63, 3.8) is 0 Å². The van der Waals surface area contributed by atoms with E-state index >= 15 is 0 Å². The maximum absolute atomic E-state index is 13.2. The van der Waals surface area contributed by atoms with Gasteiger partial charge in [-0.3, -0.25) is 4.79 Å². The van der Waals surface area contributed by atoms with Crippen LogP contribution < -0.4 is 10.1 Å². The predicted molar refractivity (Wildman–Crippen MR) is 142 cm³/mol. The van der Waals surface area contributed by atoms with Gasteiger partial charge in [-0.15, -0.1) is 0 Å². The van der Waals surface area contributed by atoms with E-state index in [1.54, 1.807) is 61.7 Å². The maximum atomic E-state index is 13.2. The van der Waals surface area contributed by atoms with Crippen molar-refractivity contribution >= 4 is 17.8 Å². The lowest BCUT2D eigenvalue weighted by Crippen LogP contribution is -2.69. The van der Waals surface area contributed by atoms with Gasteiger partial charge in [-0.1, -0.05) is 30.3 Å². The Bertz CT molecular complexity index is 1190. The Morgan fingerprint density at radius 3 is 2.22 bits per heavy atom. The molecule has 41 heavy (non-hydrogen) atoms. The number of nitrogens with one attached hydrogen (secondary N) is 1. The van der Waals surface area contributed by atoms with E-state index in [9.17, 15) is 14.4 Å². The van der Waals surface area contributed by atoms with Gasteiger partial charge in [0.2, 0.25) is 5.91 Å². The summed E-state index contributed by atoms with van der Waals surface area (Å²) in [5.74, 6) is -3.25. The lowest BCUT2D eigenvalue weighted by Gasteiger charge is -2.50. The van der Waals surface area contributed by atoms with Gasteiger partial charge in [-0.25, -0.2) is 9.59 Å². The Hall–Kier alpha value is -3.55. The molecular formula is C29H35NO11. The average molecular weight is 574 g/mol. The zero-order valence-corrected chi connectivity index (χ0v) is 23.6. The third-order valence-electron chi connectivity index (χ3n) is 7.09. The molecule has 0 unspecified atom stereocenters. The number of methoxy groups -OCH3 is 4. The van der Waals surface area contributed by atoms with E-state index in [2.05, 4.69) is 5.32 Å². The third-order valence-corrected chi connectivity index (χ3v) is 7.09. The van der Waals surface area contributed by atoms with Crippen molar-refractivity contribution < 1.29 is 52.3 Å². The number of hydrogen-bond donors (Lipinski definition) is 1. The van der Waals surface area contributed by atoms with E-state index in [1.807, 2.05) is 0 Å². The quantitative estimate of drug-likeness (QED) is 0.442. The topological polar surface area (TPSA) is 137 Å². The Morgan fingerprint density at radius 1 is 0.927 bits per heavy atom. The molecule has 2 aliphatic heterocycles. The van der Waals surface area contributed by atoms with Gasteiger partial charge in [-0.05, 0) is 24.3 Å². The van der Waals surface area contributed by atoms with E-state index < -0.39 is 60.4 Å². The normalized spacial score (nSPS) is 29.7. The second kappa shape index (κ2) is 13.4. The number of benzene rings is 2. The number of amides is 1. The van der Waals surface area contributed by atoms with Gasteiger partial charge in [-0.2, -0.15) is 0 Å². The summed E-state index contributed by atoms with van der Waals surface area (Å²) in [4.78, 5) is 38.6. The van der Waals surface area contributed by atoms with E-state index in [4.69, 9.17) is 37.9 Å². The Morgan fingerprint density at radius 2 is 1.63 bits per heavy atom. The highest BCUT2D eigenvalue weighted by atomic mass is 16.8. The SMILES string of the molecule is COC(=O)[C@@]1(OC)C[C@H](OC(=O)c2ccccc2)[C@@H](NC(C)=O)[C@H]([C@@H]2O[C@H](c3ccc(OC)cc3)OC[C@H]2OC)O1. The van der Waals surface area contributed by atoms with Gasteiger partial charge in [0.05, 0.1) is 38.9 Å². The average Bonchev–Trinajstić information content (AvgIpc) is 3.01. The number of rotatable bonds is 9. The number of esters is 2. The first-order chi connectivity index (χ1) is 19.7. The second-order valence-corrected chi connectivity index (χ2v) is 9.58. The smallest absolute Gasteiger partial charge is 0.366 e. The van der Waals surface area contributed by atoms with Crippen LogP contribution in [0.1, 0.15) is 35.6 Å². The molecule has 0 bridgehead atoms. The molecule has 2 saturated heterocycles. The van der Waals surface area contributed by atoms with Crippen LogP contribution in [0.25, 0.3) is 0 Å². The highest BCUT2D eigenvalue weighted by Crippen LogP contribution is 2.39. The molecule has 222 valence electrons. The van der Waals surface area contributed by atoms with E-state index in [1.165, 1.54) is 28.3 Å². The lowest BCUT2D eigenvalue weighted by molar-refractivity contribution is -0.339. The molecule has 1 N–H and O–H groups in total. The Balaban J connectivity index is 1.73. The molecule has 2 fully saturated rings. The van der Waals surface area contributed by atoms with Crippen LogP contribution in [0.15, 0.2) is 54.6 Å². The molecule has 7 atom stereocenters. The fraction of sp³-hybridized carbons (Fsp3) is 0.483. The molecule has 0 aliphatic carbocycles. The van der Waals surface area contributed by atoms with Crippen LogP contribution in [0.2, 0.25) is 0 Å². The van der Waals surface area contributed by atoms with Crippen LogP contribution >= 0.6 is 0 Å². The van der Waals surface area contributed by atoms with Gasteiger partial charge in [0, 0.05) is 26.7 Å². The first kappa shape index (κ1) is 30.4. The van der Waals surface area contributed by atoms with Gasteiger partial charge in [0.15, 0.2) is 6.29 Å². The van der Waals surface area contributed by atoms with Crippen molar-refractivity contribution in [3.8, 4) is 5.75 Å². The Labute approximate surface area is 238 Å². The molecule has 1 amide bonds. The summed E-state index contributed by atoms with van der Waals surface area (Å²) in [6.07, 6.45) is -4.93. The molecule has 2 aliphatic rings. The van der Waals surface area contributed by atoms with Crippen molar-refractivity contribution in [2.45, 2.75) is 55.9 Å². The van der Waals surface area contributed by atoms with Crippen LogP contribution in [0, 0.1) is 0 Å². The Kier molecular flexibility index (Phi) is 9.94. The minimum Gasteiger partial charge on any atom is -0.497 e.